The first-order valence-electron chi connectivity index (χ1n) is 7.13. The summed E-state index contributed by atoms with van der Waals surface area (Å²) in [5, 5.41) is 11.8. The van der Waals surface area contributed by atoms with Crippen LogP contribution in [-0.4, -0.2) is 33.3 Å². The van der Waals surface area contributed by atoms with Gasteiger partial charge >= 0.3 is 5.69 Å². The van der Waals surface area contributed by atoms with Crippen LogP contribution in [0.5, 0.6) is 0 Å². The van der Waals surface area contributed by atoms with Gasteiger partial charge in [-0.15, -0.1) is 0 Å². The van der Waals surface area contributed by atoms with E-state index < -0.39 is 11.9 Å². The van der Waals surface area contributed by atoms with Crippen molar-refractivity contribution in [2.75, 3.05) is 11.9 Å². The first-order valence-corrected chi connectivity index (χ1v) is 7.13. The molecule has 0 radical (unpaired) electrons. The van der Waals surface area contributed by atoms with E-state index in [2.05, 4.69) is 10.3 Å². The van der Waals surface area contributed by atoms with Crippen molar-refractivity contribution in [3.8, 4) is 0 Å². The third-order valence-corrected chi connectivity index (χ3v) is 4.05. The number of rotatable bonds is 4. The average molecular weight is 295 g/mol. The summed E-state index contributed by atoms with van der Waals surface area (Å²) < 4.78 is 7.13. The minimum atomic E-state index is -0.480. The second-order valence-corrected chi connectivity index (χ2v) is 5.37. The lowest BCUT2D eigenvalue weighted by Gasteiger charge is -2.18. The molecule has 0 unspecified atom stereocenters. The lowest BCUT2D eigenvalue weighted by Crippen LogP contribution is -2.30. The molecule has 1 fully saturated rings. The Labute approximate surface area is 123 Å². The van der Waals surface area contributed by atoms with Crippen LogP contribution in [0.25, 0.3) is 0 Å². The van der Waals surface area contributed by atoms with Crippen LogP contribution in [0.4, 0.5) is 5.82 Å². The van der Waals surface area contributed by atoms with Crippen LogP contribution in [0.2, 0.25) is 0 Å². The second kappa shape index (κ2) is 6.36. The molecule has 0 aliphatic carbocycles. The fourth-order valence-electron chi connectivity index (χ4n) is 2.46. The normalized spacial score (nSPS) is 28.6. The Kier molecular flexibility index (Phi) is 4.74. The maximum absolute atomic E-state index is 12.1. The highest BCUT2D eigenvalue weighted by molar-refractivity contribution is 5.89. The Bertz CT molecular complexity index is 572. The Morgan fingerprint density at radius 1 is 1.48 bits per heavy atom. The standard InChI is InChI=1S/C14H21N3O4/c1-4-12(19)15-11-5-6-17(14(20)16-11)13-9(3)8(2)10(7-18)21-13/h5-6,8-10,13,18H,4,7H2,1-3H3,(H,15,16,19,20)/t8-,9-,10+,13+/m0/s1. The first kappa shape index (κ1) is 15.7. The number of carbonyl (C=O) groups excluding carboxylic acids is 1. The minimum absolute atomic E-state index is 0.0746. The van der Waals surface area contributed by atoms with Crippen molar-refractivity contribution in [1.82, 2.24) is 9.55 Å². The van der Waals surface area contributed by atoms with Crippen molar-refractivity contribution in [3.63, 3.8) is 0 Å². The van der Waals surface area contributed by atoms with Crippen LogP contribution in [0, 0.1) is 11.8 Å². The Hall–Kier alpha value is -1.73. The molecule has 2 N–H and O–H groups in total. The maximum atomic E-state index is 12.1. The fraction of sp³-hybridized carbons (Fsp3) is 0.643. The van der Waals surface area contributed by atoms with Gasteiger partial charge in [0, 0.05) is 18.5 Å². The van der Waals surface area contributed by atoms with Gasteiger partial charge in [0.15, 0.2) is 0 Å². The SMILES string of the molecule is CCC(=O)Nc1ccn([C@@H]2O[C@H](CO)[C@@H](C)[C@@H]2C)c(=O)n1. The Morgan fingerprint density at radius 2 is 2.19 bits per heavy atom. The van der Waals surface area contributed by atoms with Crippen LogP contribution >= 0.6 is 0 Å². The van der Waals surface area contributed by atoms with Crippen LogP contribution in [0.3, 0.4) is 0 Å². The monoisotopic (exact) mass is 295 g/mol. The number of nitrogens with zero attached hydrogens (tertiary/aromatic N) is 2. The van der Waals surface area contributed by atoms with Crippen LogP contribution in [-0.2, 0) is 9.53 Å². The van der Waals surface area contributed by atoms with Crippen molar-refractivity contribution >= 4 is 11.7 Å². The van der Waals surface area contributed by atoms with Gasteiger partial charge in [-0.25, -0.2) is 4.79 Å². The van der Waals surface area contributed by atoms with E-state index in [1.54, 1.807) is 19.2 Å². The van der Waals surface area contributed by atoms with E-state index in [4.69, 9.17) is 4.74 Å². The fourth-order valence-corrected chi connectivity index (χ4v) is 2.46. The highest BCUT2D eigenvalue weighted by atomic mass is 16.5. The molecule has 0 aromatic carbocycles. The molecule has 1 amide bonds. The van der Waals surface area contributed by atoms with E-state index in [1.165, 1.54) is 4.57 Å². The first-order chi connectivity index (χ1) is 9.97. The molecular weight excluding hydrogens is 274 g/mol. The van der Waals surface area contributed by atoms with Crippen molar-refractivity contribution in [1.29, 1.82) is 0 Å². The highest BCUT2D eigenvalue weighted by Crippen LogP contribution is 2.37. The number of aliphatic hydroxyl groups excluding tert-OH is 1. The number of anilines is 1. The molecule has 0 saturated carbocycles. The summed E-state index contributed by atoms with van der Waals surface area (Å²) in [4.78, 5) is 27.2. The van der Waals surface area contributed by atoms with E-state index in [9.17, 15) is 14.7 Å². The van der Waals surface area contributed by atoms with Gasteiger partial charge in [-0.2, -0.15) is 4.98 Å². The number of amides is 1. The molecule has 21 heavy (non-hydrogen) atoms. The van der Waals surface area contributed by atoms with Gasteiger partial charge in [0.2, 0.25) is 5.91 Å². The van der Waals surface area contributed by atoms with Crippen LogP contribution in [0.15, 0.2) is 17.1 Å². The van der Waals surface area contributed by atoms with Crippen molar-refractivity contribution in [2.24, 2.45) is 11.8 Å². The number of nitrogens with one attached hydrogen (secondary N) is 1. The van der Waals surface area contributed by atoms with Gasteiger partial charge in [-0.3, -0.25) is 9.36 Å². The molecule has 1 saturated heterocycles. The summed E-state index contributed by atoms with van der Waals surface area (Å²) in [6.45, 7) is 5.61. The second-order valence-electron chi connectivity index (χ2n) is 5.37. The third-order valence-electron chi connectivity index (χ3n) is 4.05. The summed E-state index contributed by atoms with van der Waals surface area (Å²) in [5.74, 6) is 0.267. The van der Waals surface area contributed by atoms with Gasteiger partial charge in [0.05, 0.1) is 12.7 Å². The molecule has 1 aromatic heterocycles. The Morgan fingerprint density at radius 3 is 2.71 bits per heavy atom. The van der Waals surface area contributed by atoms with Gasteiger partial charge in [0.25, 0.3) is 0 Å². The van der Waals surface area contributed by atoms with E-state index in [-0.39, 0.29) is 36.3 Å². The summed E-state index contributed by atoms with van der Waals surface area (Å²) in [7, 11) is 0. The molecule has 1 aromatic rings. The van der Waals surface area contributed by atoms with E-state index >= 15 is 0 Å². The summed E-state index contributed by atoms with van der Waals surface area (Å²) in [5.41, 5.74) is -0.480. The molecular formula is C14H21N3O4. The zero-order valence-corrected chi connectivity index (χ0v) is 12.4. The van der Waals surface area contributed by atoms with Crippen LogP contribution < -0.4 is 11.0 Å². The number of aromatic nitrogens is 2. The van der Waals surface area contributed by atoms with Gasteiger partial charge in [-0.1, -0.05) is 20.8 Å². The largest absolute Gasteiger partial charge is 0.394 e. The van der Waals surface area contributed by atoms with Gasteiger partial charge < -0.3 is 15.2 Å². The molecule has 0 spiro atoms. The van der Waals surface area contributed by atoms with Crippen LogP contribution in [0.1, 0.15) is 33.4 Å². The average Bonchev–Trinajstić information content (AvgIpc) is 2.75. The predicted octanol–water partition coefficient (Wildman–Crippen LogP) is 0.754. The molecule has 2 heterocycles. The van der Waals surface area contributed by atoms with Crippen molar-refractivity contribution < 1.29 is 14.6 Å². The number of aliphatic hydroxyl groups is 1. The summed E-state index contributed by atoms with van der Waals surface area (Å²) in [6, 6.07) is 1.57. The molecule has 0 bridgehead atoms. The minimum Gasteiger partial charge on any atom is -0.394 e. The molecule has 2 rings (SSSR count). The van der Waals surface area contributed by atoms with E-state index in [0.717, 1.165) is 0 Å². The zero-order chi connectivity index (χ0) is 15.6. The lowest BCUT2D eigenvalue weighted by molar-refractivity contribution is -0.115. The predicted molar refractivity (Wildman–Crippen MR) is 76.7 cm³/mol. The highest BCUT2D eigenvalue weighted by Gasteiger charge is 2.40. The van der Waals surface area contributed by atoms with Crippen molar-refractivity contribution in [2.45, 2.75) is 39.5 Å². The quantitative estimate of drug-likeness (QED) is 0.855. The number of hydrogen-bond donors (Lipinski definition) is 2. The molecule has 7 nitrogen and oxygen atoms in total. The number of hydrogen-bond acceptors (Lipinski definition) is 5. The number of ether oxygens (including phenoxy) is 1. The maximum Gasteiger partial charge on any atom is 0.351 e. The topological polar surface area (TPSA) is 93.5 Å². The molecule has 1 aliphatic rings. The smallest absolute Gasteiger partial charge is 0.351 e. The molecule has 4 atom stereocenters. The Balaban J connectivity index is 2.22. The summed E-state index contributed by atoms with van der Waals surface area (Å²) >= 11 is 0. The zero-order valence-electron chi connectivity index (χ0n) is 12.4. The molecule has 7 heteroatoms. The third kappa shape index (κ3) is 3.14. The lowest BCUT2D eigenvalue weighted by atomic mass is 9.93. The number of carbonyl (C=O) groups is 1. The van der Waals surface area contributed by atoms with E-state index in [1.807, 2.05) is 13.8 Å². The molecule has 1 aliphatic heterocycles. The molecule has 116 valence electrons. The summed E-state index contributed by atoms with van der Waals surface area (Å²) in [6.07, 6.45) is 1.15. The van der Waals surface area contributed by atoms with Gasteiger partial charge in [-0.05, 0) is 12.0 Å². The van der Waals surface area contributed by atoms with Gasteiger partial charge in [0.1, 0.15) is 12.0 Å². The van der Waals surface area contributed by atoms with Crippen molar-refractivity contribution in [3.05, 3.63) is 22.7 Å². The van der Waals surface area contributed by atoms with E-state index in [0.29, 0.717) is 6.42 Å².